The Kier molecular flexibility index (Phi) is 5.49. The van der Waals surface area contributed by atoms with E-state index in [4.69, 9.17) is 5.11 Å². The molecule has 0 aromatic heterocycles. The summed E-state index contributed by atoms with van der Waals surface area (Å²) >= 11 is 0. The predicted octanol–water partition coefficient (Wildman–Crippen LogP) is 6.27. The maximum Gasteiger partial charge on any atom is 0.303 e. The molecule has 0 saturated heterocycles. The van der Waals surface area contributed by atoms with Crippen LogP contribution in [0.5, 0.6) is 0 Å². The summed E-state index contributed by atoms with van der Waals surface area (Å²) in [5.74, 6) is 2.51. The zero-order valence-electron chi connectivity index (χ0n) is 18.9. The number of ketones is 1. The number of allylic oxidation sites excluding steroid dienone is 2. The first-order valence-corrected chi connectivity index (χ1v) is 12.2. The Morgan fingerprint density at radius 3 is 2.52 bits per heavy atom. The minimum atomic E-state index is -0.684. The second-order valence-electron chi connectivity index (χ2n) is 11.3. The van der Waals surface area contributed by atoms with Gasteiger partial charge in [-0.3, -0.25) is 9.59 Å². The first-order valence-electron chi connectivity index (χ1n) is 12.2. The Morgan fingerprint density at radius 1 is 1.10 bits per heavy atom. The average molecular weight is 401 g/mol. The maximum absolute atomic E-state index is 13.8. The fraction of sp³-hybridized carbons (Fsp3) is 0.846. The van der Waals surface area contributed by atoms with E-state index in [2.05, 4.69) is 33.8 Å². The Bertz CT molecular complexity index is 709. The van der Waals surface area contributed by atoms with Gasteiger partial charge in [-0.15, -0.1) is 0 Å². The van der Waals surface area contributed by atoms with Crippen molar-refractivity contribution in [3.8, 4) is 0 Å². The van der Waals surface area contributed by atoms with Gasteiger partial charge >= 0.3 is 5.97 Å². The molecule has 0 amide bonds. The molecule has 4 saturated carbocycles. The lowest BCUT2D eigenvalue weighted by molar-refractivity contribution is -0.146. The van der Waals surface area contributed by atoms with Crippen LogP contribution in [0.25, 0.3) is 0 Å². The van der Waals surface area contributed by atoms with Crippen molar-refractivity contribution in [1.82, 2.24) is 0 Å². The molecule has 1 N–H and O–H groups in total. The summed E-state index contributed by atoms with van der Waals surface area (Å²) in [6.07, 6.45) is 13.0. The molecule has 0 aromatic rings. The van der Waals surface area contributed by atoms with Crippen LogP contribution in [0.3, 0.4) is 0 Å². The van der Waals surface area contributed by atoms with E-state index < -0.39 is 5.97 Å². The predicted molar refractivity (Wildman–Crippen MR) is 115 cm³/mol. The van der Waals surface area contributed by atoms with Crippen molar-refractivity contribution in [1.29, 1.82) is 0 Å². The van der Waals surface area contributed by atoms with Crippen molar-refractivity contribution >= 4 is 11.8 Å². The molecule has 3 nitrogen and oxygen atoms in total. The number of aliphatic carboxylic acids is 1. The molecule has 4 fully saturated rings. The molecule has 29 heavy (non-hydrogen) atoms. The van der Waals surface area contributed by atoms with Gasteiger partial charge in [-0.05, 0) is 97.9 Å². The number of carboxylic acids is 1. The molecule has 0 radical (unpaired) electrons. The van der Waals surface area contributed by atoms with Gasteiger partial charge in [-0.25, -0.2) is 0 Å². The van der Waals surface area contributed by atoms with Crippen molar-refractivity contribution < 1.29 is 14.7 Å². The zero-order chi connectivity index (χ0) is 21.0. The van der Waals surface area contributed by atoms with Gasteiger partial charge in [-0.2, -0.15) is 0 Å². The topological polar surface area (TPSA) is 54.4 Å². The van der Waals surface area contributed by atoms with Gasteiger partial charge in [0.1, 0.15) is 0 Å². The summed E-state index contributed by atoms with van der Waals surface area (Å²) in [5, 5.41) is 9.13. The third-order valence-corrected chi connectivity index (χ3v) is 10.2. The number of carbonyl (C=O) groups is 2. The second-order valence-corrected chi connectivity index (χ2v) is 11.3. The lowest BCUT2D eigenvalue weighted by Crippen LogP contribution is -2.57. The van der Waals surface area contributed by atoms with Crippen molar-refractivity contribution in [3.05, 3.63) is 11.6 Å². The van der Waals surface area contributed by atoms with Gasteiger partial charge in [-0.1, -0.05) is 39.7 Å². The summed E-state index contributed by atoms with van der Waals surface area (Å²) in [5.41, 5.74) is 1.65. The van der Waals surface area contributed by atoms with Gasteiger partial charge < -0.3 is 5.11 Å². The molecule has 0 bridgehead atoms. The highest BCUT2D eigenvalue weighted by atomic mass is 16.4. The van der Waals surface area contributed by atoms with E-state index in [1.165, 1.54) is 44.9 Å². The molecule has 162 valence electrons. The minimum Gasteiger partial charge on any atom is -0.481 e. The first-order chi connectivity index (χ1) is 13.7. The molecule has 4 rings (SSSR count). The number of hydrogen-bond donors (Lipinski definition) is 1. The third-order valence-electron chi connectivity index (χ3n) is 10.2. The molecule has 0 aliphatic heterocycles. The molecule has 7 unspecified atom stereocenters. The standard InChI is InChI=1S/C26H40O3/c1-5-17-19-8-6-7-14-25(19,3)21-13-15-26(4)18(16(2)9-12-22(27)28)10-11-20(26)23(21)24(17)29/h5,16,18-21,23H,6-15H2,1-4H3,(H,27,28)/b17-5-/t16-,18?,19?,20?,21?,23?,25?,26?/m1/s1. The lowest BCUT2D eigenvalue weighted by atomic mass is 9.43. The monoisotopic (exact) mass is 400 g/mol. The van der Waals surface area contributed by atoms with Crippen LogP contribution in [-0.2, 0) is 9.59 Å². The number of carbonyl (C=O) groups excluding carboxylic acids is 1. The zero-order valence-corrected chi connectivity index (χ0v) is 18.9. The average Bonchev–Trinajstić information content (AvgIpc) is 3.04. The molecular formula is C26H40O3. The Morgan fingerprint density at radius 2 is 1.83 bits per heavy atom. The Hall–Kier alpha value is -1.12. The fourth-order valence-electron chi connectivity index (χ4n) is 8.79. The maximum atomic E-state index is 13.8. The van der Waals surface area contributed by atoms with E-state index in [-0.39, 0.29) is 17.8 Å². The molecule has 3 heteroatoms. The van der Waals surface area contributed by atoms with Crippen molar-refractivity contribution in [2.75, 3.05) is 0 Å². The SMILES string of the molecule is C/C=C1\C(=O)C2C(CCC3(C)C2CCC3[C@H](C)CCC(=O)O)C2(C)CCCCC12. The molecule has 4 aliphatic rings. The summed E-state index contributed by atoms with van der Waals surface area (Å²) in [7, 11) is 0. The van der Waals surface area contributed by atoms with Crippen molar-refractivity contribution in [2.24, 2.45) is 46.3 Å². The van der Waals surface area contributed by atoms with Crippen LogP contribution in [0.4, 0.5) is 0 Å². The number of Topliss-reactive ketones (excluding diaryl/α,β-unsaturated/α-hetero) is 1. The molecule has 0 aromatic carbocycles. The highest BCUT2D eigenvalue weighted by Gasteiger charge is 2.63. The van der Waals surface area contributed by atoms with E-state index in [1.54, 1.807) is 0 Å². The summed E-state index contributed by atoms with van der Waals surface area (Å²) < 4.78 is 0. The minimum absolute atomic E-state index is 0.200. The van der Waals surface area contributed by atoms with Gasteiger partial charge in [0.25, 0.3) is 0 Å². The van der Waals surface area contributed by atoms with Crippen LogP contribution in [0, 0.1) is 46.3 Å². The van der Waals surface area contributed by atoms with Crippen LogP contribution in [0.15, 0.2) is 11.6 Å². The van der Waals surface area contributed by atoms with Gasteiger partial charge in [0.15, 0.2) is 5.78 Å². The number of carboxylic acid groups (broad SMARTS) is 1. The van der Waals surface area contributed by atoms with Crippen LogP contribution in [-0.4, -0.2) is 16.9 Å². The van der Waals surface area contributed by atoms with Gasteiger partial charge in [0.2, 0.25) is 0 Å². The number of rotatable bonds is 4. The van der Waals surface area contributed by atoms with Crippen LogP contribution in [0.2, 0.25) is 0 Å². The Labute approximate surface area is 176 Å². The molecule has 0 heterocycles. The molecule has 0 spiro atoms. The quantitative estimate of drug-likeness (QED) is 0.566. The second kappa shape index (κ2) is 7.54. The van der Waals surface area contributed by atoms with Crippen LogP contribution < -0.4 is 0 Å². The summed E-state index contributed by atoms with van der Waals surface area (Å²) in [6, 6.07) is 0. The van der Waals surface area contributed by atoms with E-state index in [0.29, 0.717) is 40.8 Å². The summed E-state index contributed by atoms with van der Waals surface area (Å²) in [4.78, 5) is 24.9. The van der Waals surface area contributed by atoms with E-state index in [9.17, 15) is 9.59 Å². The highest BCUT2D eigenvalue weighted by Crippen LogP contribution is 2.68. The molecule has 4 aliphatic carbocycles. The van der Waals surface area contributed by atoms with E-state index in [1.807, 2.05) is 0 Å². The number of fused-ring (bicyclic) bond motifs is 5. The molecule has 8 atom stereocenters. The number of hydrogen-bond acceptors (Lipinski definition) is 2. The smallest absolute Gasteiger partial charge is 0.303 e. The van der Waals surface area contributed by atoms with Crippen LogP contribution in [0.1, 0.15) is 91.9 Å². The van der Waals surface area contributed by atoms with Crippen LogP contribution >= 0.6 is 0 Å². The van der Waals surface area contributed by atoms with Gasteiger partial charge in [0.05, 0.1) is 0 Å². The van der Waals surface area contributed by atoms with Crippen molar-refractivity contribution in [2.45, 2.75) is 91.9 Å². The molecular weight excluding hydrogens is 360 g/mol. The third kappa shape index (κ3) is 3.13. The van der Waals surface area contributed by atoms with E-state index in [0.717, 1.165) is 18.4 Å². The first kappa shape index (κ1) is 21.1. The normalized spacial score (nSPS) is 46.7. The van der Waals surface area contributed by atoms with Gasteiger partial charge in [0, 0.05) is 12.3 Å². The fourth-order valence-corrected chi connectivity index (χ4v) is 8.79. The largest absolute Gasteiger partial charge is 0.481 e. The Balaban J connectivity index is 1.64. The summed E-state index contributed by atoms with van der Waals surface area (Å²) in [6.45, 7) is 9.29. The van der Waals surface area contributed by atoms with Crippen molar-refractivity contribution in [3.63, 3.8) is 0 Å². The lowest BCUT2D eigenvalue weighted by Gasteiger charge is -2.60. The highest BCUT2D eigenvalue weighted by molar-refractivity contribution is 5.99. The van der Waals surface area contributed by atoms with E-state index >= 15 is 0 Å².